The number of halogens is 2. The van der Waals surface area contributed by atoms with E-state index in [2.05, 4.69) is 10.6 Å². The molecule has 2 amide bonds. The van der Waals surface area contributed by atoms with E-state index in [9.17, 15) is 9.59 Å². The van der Waals surface area contributed by atoms with Gasteiger partial charge in [0.2, 0.25) is 0 Å². The predicted molar refractivity (Wildman–Crippen MR) is 97.5 cm³/mol. The Balaban J connectivity index is 1.77. The number of hydrogen-bond donors (Lipinski definition) is 2. The maximum atomic E-state index is 12.4. The first-order chi connectivity index (χ1) is 12.0. The number of furan rings is 1. The van der Waals surface area contributed by atoms with Crippen LogP contribution in [0.5, 0.6) is 0 Å². The van der Waals surface area contributed by atoms with Crippen molar-refractivity contribution in [3.05, 3.63) is 82.2 Å². The van der Waals surface area contributed by atoms with Crippen LogP contribution >= 0.6 is 23.2 Å². The van der Waals surface area contributed by atoms with Crippen molar-refractivity contribution < 1.29 is 14.0 Å². The van der Waals surface area contributed by atoms with E-state index in [-0.39, 0.29) is 11.1 Å². The minimum atomic E-state index is -0.479. The molecule has 0 saturated carbocycles. The van der Waals surface area contributed by atoms with Gasteiger partial charge in [0, 0.05) is 21.4 Å². The first kappa shape index (κ1) is 17.1. The van der Waals surface area contributed by atoms with E-state index in [1.54, 1.807) is 48.5 Å². The average molecular weight is 375 g/mol. The van der Waals surface area contributed by atoms with Gasteiger partial charge in [-0.25, -0.2) is 0 Å². The Morgan fingerprint density at radius 3 is 1.60 bits per heavy atom. The van der Waals surface area contributed by atoms with Crippen LogP contribution in [0.3, 0.4) is 0 Å². The van der Waals surface area contributed by atoms with Gasteiger partial charge < -0.3 is 15.1 Å². The average Bonchev–Trinajstić information content (AvgIpc) is 3.04. The zero-order valence-electron chi connectivity index (χ0n) is 12.8. The Morgan fingerprint density at radius 2 is 1.20 bits per heavy atom. The standard InChI is InChI=1S/C18H12Cl2N2O3/c19-11-3-1-5-13(7-11)21-17(23)15-9-25-10-16(15)18(24)22-14-6-2-4-12(20)8-14/h1-10H,(H,21,23)(H,22,24). The number of benzene rings is 2. The summed E-state index contributed by atoms with van der Waals surface area (Å²) in [6.45, 7) is 0. The van der Waals surface area contributed by atoms with Crippen LogP contribution in [-0.2, 0) is 0 Å². The molecule has 1 heterocycles. The quantitative estimate of drug-likeness (QED) is 0.667. The highest BCUT2D eigenvalue weighted by molar-refractivity contribution is 6.31. The maximum absolute atomic E-state index is 12.4. The largest absolute Gasteiger partial charge is 0.471 e. The third-order valence-corrected chi connectivity index (χ3v) is 3.79. The van der Waals surface area contributed by atoms with Crippen molar-refractivity contribution in [3.8, 4) is 0 Å². The molecule has 3 rings (SSSR count). The van der Waals surface area contributed by atoms with Gasteiger partial charge in [-0.05, 0) is 36.4 Å². The van der Waals surface area contributed by atoms with E-state index >= 15 is 0 Å². The first-order valence-corrected chi connectivity index (χ1v) is 7.98. The molecule has 3 aromatic rings. The Labute approximate surface area is 153 Å². The van der Waals surface area contributed by atoms with E-state index in [4.69, 9.17) is 27.6 Å². The van der Waals surface area contributed by atoms with E-state index in [0.717, 1.165) is 0 Å². The van der Waals surface area contributed by atoms with Crippen molar-refractivity contribution in [2.45, 2.75) is 0 Å². The number of anilines is 2. The van der Waals surface area contributed by atoms with Gasteiger partial charge in [0.1, 0.15) is 12.5 Å². The third kappa shape index (κ3) is 4.21. The van der Waals surface area contributed by atoms with Gasteiger partial charge in [-0.2, -0.15) is 0 Å². The molecule has 0 aliphatic carbocycles. The molecule has 7 heteroatoms. The zero-order chi connectivity index (χ0) is 17.8. The Hall–Kier alpha value is -2.76. The van der Waals surface area contributed by atoms with Crippen LogP contribution in [0.15, 0.2) is 65.5 Å². The van der Waals surface area contributed by atoms with Crippen LogP contribution < -0.4 is 10.6 Å². The fraction of sp³-hybridized carbons (Fsp3) is 0. The van der Waals surface area contributed by atoms with Gasteiger partial charge in [0.25, 0.3) is 11.8 Å². The van der Waals surface area contributed by atoms with Gasteiger partial charge >= 0.3 is 0 Å². The van der Waals surface area contributed by atoms with Crippen molar-refractivity contribution in [1.82, 2.24) is 0 Å². The minimum absolute atomic E-state index is 0.111. The molecule has 0 saturated heterocycles. The highest BCUT2D eigenvalue weighted by Gasteiger charge is 2.20. The fourth-order valence-electron chi connectivity index (χ4n) is 2.18. The number of amides is 2. The first-order valence-electron chi connectivity index (χ1n) is 7.23. The van der Waals surface area contributed by atoms with Crippen LogP contribution in [0.25, 0.3) is 0 Å². The summed E-state index contributed by atoms with van der Waals surface area (Å²) in [7, 11) is 0. The molecule has 0 unspecified atom stereocenters. The van der Waals surface area contributed by atoms with Crippen LogP contribution in [0, 0.1) is 0 Å². The molecule has 0 spiro atoms. The van der Waals surface area contributed by atoms with Gasteiger partial charge in [-0.3, -0.25) is 9.59 Å². The molecule has 5 nitrogen and oxygen atoms in total. The molecule has 0 fully saturated rings. The number of carbonyl (C=O) groups is 2. The lowest BCUT2D eigenvalue weighted by atomic mass is 10.1. The lowest BCUT2D eigenvalue weighted by Gasteiger charge is -2.07. The number of nitrogens with one attached hydrogen (secondary N) is 2. The topological polar surface area (TPSA) is 71.3 Å². The highest BCUT2D eigenvalue weighted by Crippen LogP contribution is 2.20. The van der Waals surface area contributed by atoms with Crippen LogP contribution in [0.1, 0.15) is 20.7 Å². The summed E-state index contributed by atoms with van der Waals surface area (Å²) in [5, 5.41) is 6.32. The van der Waals surface area contributed by atoms with Gasteiger partial charge in [0.05, 0.1) is 11.1 Å². The number of carbonyl (C=O) groups excluding carboxylic acids is 2. The smallest absolute Gasteiger partial charge is 0.259 e. The lowest BCUT2D eigenvalue weighted by Crippen LogP contribution is -2.18. The van der Waals surface area contributed by atoms with Crippen molar-refractivity contribution in [3.63, 3.8) is 0 Å². The number of rotatable bonds is 4. The van der Waals surface area contributed by atoms with Crippen LogP contribution in [0.4, 0.5) is 11.4 Å². The molecule has 1 aromatic heterocycles. The summed E-state index contributed by atoms with van der Waals surface area (Å²) in [5.74, 6) is -0.959. The van der Waals surface area contributed by atoms with E-state index in [1.807, 2.05) is 0 Å². The van der Waals surface area contributed by atoms with E-state index in [1.165, 1.54) is 12.5 Å². The van der Waals surface area contributed by atoms with E-state index in [0.29, 0.717) is 21.4 Å². The van der Waals surface area contributed by atoms with Crippen LogP contribution in [-0.4, -0.2) is 11.8 Å². The Morgan fingerprint density at radius 1 is 0.760 bits per heavy atom. The Kier molecular flexibility index (Phi) is 5.07. The normalized spacial score (nSPS) is 10.3. The molecule has 0 bridgehead atoms. The minimum Gasteiger partial charge on any atom is -0.471 e. The second kappa shape index (κ2) is 7.42. The fourth-order valence-corrected chi connectivity index (χ4v) is 2.56. The van der Waals surface area contributed by atoms with Crippen molar-refractivity contribution in [1.29, 1.82) is 0 Å². The zero-order valence-corrected chi connectivity index (χ0v) is 14.3. The monoisotopic (exact) mass is 374 g/mol. The molecule has 0 aliphatic rings. The lowest BCUT2D eigenvalue weighted by molar-refractivity contribution is 0.0991. The van der Waals surface area contributed by atoms with Gasteiger partial charge in [-0.1, -0.05) is 35.3 Å². The molecule has 0 aliphatic heterocycles. The molecule has 0 atom stereocenters. The predicted octanol–water partition coefficient (Wildman–Crippen LogP) is 5.09. The Bertz CT molecular complexity index is 863. The summed E-state index contributed by atoms with van der Waals surface area (Å²) in [6, 6.07) is 13.4. The number of hydrogen-bond acceptors (Lipinski definition) is 3. The van der Waals surface area contributed by atoms with Gasteiger partial charge in [-0.15, -0.1) is 0 Å². The molecule has 2 N–H and O–H groups in total. The van der Waals surface area contributed by atoms with Crippen molar-refractivity contribution in [2.75, 3.05) is 10.6 Å². The molecular weight excluding hydrogens is 363 g/mol. The summed E-state index contributed by atoms with van der Waals surface area (Å²) in [5.41, 5.74) is 1.25. The molecule has 2 aromatic carbocycles. The maximum Gasteiger partial charge on any atom is 0.259 e. The molecule has 0 radical (unpaired) electrons. The summed E-state index contributed by atoms with van der Waals surface area (Å²) >= 11 is 11.8. The second-order valence-electron chi connectivity index (χ2n) is 5.13. The summed E-state index contributed by atoms with van der Waals surface area (Å²) < 4.78 is 5.04. The molecular formula is C18H12Cl2N2O3. The highest BCUT2D eigenvalue weighted by atomic mass is 35.5. The third-order valence-electron chi connectivity index (χ3n) is 3.32. The van der Waals surface area contributed by atoms with Crippen molar-refractivity contribution >= 4 is 46.4 Å². The summed E-state index contributed by atoms with van der Waals surface area (Å²) in [4.78, 5) is 24.8. The SMILES string of the molecule is O=C(Nc1cccc(Cl)c1)c1cocc1C(=O)Nc1cccc(Cl)c1. The second-order valence-corrected chi connectivity index (χ2v) is 6.00. The van der Waals surface area contributed by atoms with Gasteiger partial charge in [0.15, 0.2) is 0 Å². The van der Waals surface area contributed by atoms with Crippen molar-refractivity contribution in [2.24, 2.45) is 0 Å². The molecule has 25 heavy (non-hydrogen) atoms. The summed E-state index contributed by atoms with van der Waals surface area (Å²) in [6.07, 6.45) is 2.43. The van der Waals surface area contributed by atoms with Crippen LogP contribution in [0.2, 0.25) is 10.0 Å². The van der Waals surface area contributed by atoms with E-state index < -0.39 is 11.8 Å². The molecule has 126 valence electrons.